The number of methoxy groups -OCH3 is 2. The Bertz CT molecular complexity index is 955. The summed E-state index contributed by atoms with van der Waals surface area (Å²) in [6, 6.07) is 15.0. The number of ketones is 1. The zero-order chi connectivity index (χ0) is 21.0. The van der Waals surface area contributed by atoms with Gasteiger partial charge in [0.25, 0.3) is 5.91 Å². The number of rotatable bonds is 6. The molecule has 150 valence electrons. The Morgan fingerprint density at radius 2 is 1.72 bits per heavy atom. The summed E-state index contributed by atoms with van der Waals surface area (Å²) in [4.78, 5) is 37.2. The smallest absolute Gasteiger partial charge is 0.310 e. The molecular formula is C21H20N2O6. The molecular weight excluding hydrogens is 376 g/mol. The van der Waals surface area contributed by atoms with Gasteiger partial charge >= 0.3 is 5.97 Å². The van der Waals surface area contributed by atoms with Crippen LogP contribution in [0.2, 0.25) is 0 Å². The first-order valence-electron chi connectivity index (χ1n) is 8.75. The number of carbonyl (C=O) groups excluding carboxylic acids is 3. The zero-order valence-corrected chi connectivity index (χ0v) is 15.9. The third-order valence-electron chi connectivity index (χ3n) is 4.53. The number of hydrogen-bond acceptors (Lipinski definition) is 7. The quantitative estimate of drug-likeness (QED) is 0.713. The summed E-state index contributed by atoms with van der Waals surface area (Å²) in [5, 5.41) is 12.0. The van der Waals surface area contributed by atoms with Crippen LogP contribution in [0.3, 0.4) is 0 Å². The van der Waals surface area contributed by atoms with Crippen LogP contribution in [0.4, 0.5) is 0 Å². The number of aliphatic hydroxyl groups is 1. The third-order valence-corrected chi connectivity index (χ3v) is 4.53. The topological polar surface area (TPSA) is 105 Å². The van der Waals surface area contributed by atoms with Crippen molar-refractivity contribution in [3.63, 3.8) is 0 Å². The molecule has 29 heavy (non-hydrogen) atoms. The molecule has 1 unspecified atom stereocenters. The van der Waals surface area contributed by atoms with Crippen LogP contribution in [0.5, 0.6) is 5.75 Å². The summed E-state index contributed by atoms with van der Waals surface area (Å²) < 4.78 is 9.68. The first kappa shape index (κ1) is 20.1. The molecule has 2 N–H and O–H groups in total. The molecule has 1 atom stereocenters. The van der Waals surface area contributed by atoms with Gasteiger partial charge in [-0.2, -0.15) is 0 Å². The predicted octanol–water partition coefficient (Wildman–Crippen LogP) is 1.52. The van der Waals surface area contributed by atoms with Crippen molar-refractivity contribution >= 4 is 23.4 Å². The van der Waals surface area contributed by atoms with Gasteiger partial charge in [-0.25, -0.2) is 5.01 Å². The zero-order valence-electron chi connectivity index (χ0n) is 15.9. The van der Waals surface area contributed by atoms with E-state index in [1.54, 1.807) is 42.5 Å². The number of nitrogens with one attached hydrogen (secondary N) is 1. The van der Waals surface area contributed by atoms with E-state index < -0.39 is 29.8 Å². The Labute approximate surface area is 167 Å². The molecule has 1 heterocycles. The van der Waals surface area contributed by atoms with Crippen LogP contribution in [-0.4, -0.2) is 47.7 Å². The molecule has 1 amide bonds. The van der Waals surface area contributed by atoms with E-state index in [2.05, 4.69) is 10.2 Å². The number of hydrazine groups is 1. The fourth-order valence-electron chi connectivity index (χ4n) is 2.94. The van der Waals surface area contributed by atoms with Crippen molar-refractivity contribution in [3.05, 3.63) is 71.8 Å². The molecule has 8 nitrogen and oxygen atoms in total. The number of amides is 1. The molecule has 2 aromatic rings. The fourth-order valence-corrected chi connectivity index (χ4v) is 2.94. The standard InChI is InChI=1S/C21H20N2O6/c1-28-16-10-8-15(9-11-16)20(26)22-23-17(14-6-4-3-5-7-14)12-18(24)21(23,27)13-19(25)29-2/h3-12,27H,13H2,1-2H3,(H,22,26). The Balaban J connectivity index is 1.95. The first-order valence-corrected chi connectivity index (χ1v) is 8.75. The lowest BCUT2D eigenvalue weighted by atomic mass is 10.1. The highest BCUT2D eigenvalue weighted by Crippen LogP contribution is 2.34. The molecule has 1 aliphatic heterocycles. The molecule has 0 fully saturated rings. The highest BCUT2D eigenvalue weighted by molar-refractivity contribution is 6.09. The maximum absolute atomic E-state index is 12.8. The minimum Gasteiger partial charge on any atom is -0.497 e. The van der Waals surface area contributed by atoms with Gasteiger partial charge in [-0.3, -0.25) is 19.8 Å². The van der Waals surface area contributed by atoms with E-state index >= 15 is 0 Å². The van der Waals surface area contributed by atoms with Crippen LogP contribution in [0.25, 0.3) is 5.70 Å². The number of ether oxygens (including phenoxy) is 2. The van der Waals surface area contributed by atoms with E-state index in [4.69, 9.17) is 4.74 Å². The minimum atomic E-state index is -2.31. The summed E-state index contributed by atoms with van der Waals surface area (Å²) in [6.07, 6.45) is 0.532. The van der Waals surface area contributed by atoms with Crippen molar-refractivity contribution in [3.8, 4) is 5.75 Å². The second kappa shape index (κ2) is 8.15. The Hall–Kier alpha value is -3.65. The van der Waals surface area contributed by atoms with E-state index in [1.165, 1.54) is 25.3 Å². The van der Waals surface area contributed by atoms with Crippen LogP contribution in [0.15, 0.2) is 60.7 Å². The normalized spacial score (nSPS) is 18.2. The van der Waals surface area contributed by atoms with Crippen LogP contribution in [-0.2, 0) is 14.3 Å². The van der Waals surface area contributed by atoms with Crippen LogP contribution >= 0.6 is 0 Å². The highest BCUT2D eigenvalue weighted by Gasteiger charge is 2.50. The van der Waals surface area contributed by atoms with Gasteiger partial charge in [-0.15, -0.1) is 0 Å². The Morgan fingerprint density at radius 3 is 2.31 bits per heavy atom. The number of benzene rings is 2. The monoisotopic (exact) mass is 396 g/mol. The SMILES string of the molecule is COC(=O)CC1(O)C(=O)C=C(c2ccccc2)N1NC(=O)c1ccc(OC)cc1. The lowest BCUT2D eigenvalue weighted by Gasteiger charge is -2.35. The molecule has 8 heteroatoms. The second-order valence-electron chi connectivity index (χ2n) is 6.33. The van der Waals surface area contributed by atoms with Gasteiger partial charge in [-0.05, 0) is 29.8 Å². The van der Waals surface area contributed by atoms with Crippen molar-refractivity contribution in [2.75, 3.05) is 14.2 Å². The van der Waals surface area contributed by atoms with E-state index in [9.17, 15) is 19.5 Å². The molecule has 0 aromatic heterocycles. The summed E-state index contributed by atoms with van der Waals surface area (Å²) in [6.45, 7) is 0. The molecule has 1 aliphatic rings. The summed E-state index contributed by atoms with van der Waals surface area (Å²) >= 11 is 0. The van der Waals surface area contributed by atoms with E-state index in [1.807, 2.05) is 0 Å². The van der Waals surface area contributed by atoms with Gasteiger partial charge in [0, 0.05) is 11.6 Å². The van der Waals surface area contributed by atoms with Gasteiger partial charge in [0.05, 0.1) is 19.9 Å². The average Bonchev–Trinajstić information content (AvgIpc) is 2.99. The highest BCUT2D eigenvalue weighted by atomic mass is 16.5. The third kappa shape index (κ3) is 3.97. The van der Waals surface area contributed by atoms with Gasteiger partial charge in [0.1, 0.15) is 12.2 Å². The molecule has 2 aromatic carbocycles. The number of hydrogen-bond donors (Lipinski definition) is 2. The second-order valence-corrected chi connectivity index (χ2v) is 6.33. The van der Waals surface area contributed by atoms with E-state index in [-0.39, 0.29) is 11.3 Å². The number of carbonyl (C=O) groups is 3. The van der Waals surface area contributed by atoms with Crippen molar-refractivity contribution < 1.29 is 29.0 Å². The van der Waals surface area contributed by atoms with Gasteiger partial charge in [0.2, 0.25) is 11.5 Å². The average molecular weight is 396 g/mol. The van der Waals surface area contributed by atoms with Crippen LogP contribution in [0.1, 0.15) is 22.3 Å². The van der Waals surface area contributed by atoms with Gasteiger partial charge in [-0.1, -0.05) is 30.3 Å². The van der Waals surface area contributed by atoms with E-state index in [0.29, 0.717) is 11.3 Å². The van der Waals surface area contributed by atoms with Crippen LogP contribution < -0.4 is 10.2 Å². The Morgan fingerprint density at radius 1 is 1.07 bits per heavy atom. The largest absolute Gasteiger partial charge is 0.497 e. The predicted molar refractivity (Wildman–Crippen MR) is 103 cm³/mol. The molecule has 0 bridgehead atoms. The van der Waals surface area contributed by atoms with E-state index in [0.717, 1.165) is 12.1 Å². The van der Waals surface area contributed by atoms with Crippen molar-refractivity contribution in [1.82, 2.24) is 10.4 Å². The lowest BCUT2D eigenvalue weighted by Crippen LogP contribution is -2.57. The molecule has 0 aliphatic carbocycles. The molecule has 3 rings (SSSR count). The summed E-state index contributed by atoms with van der Waals surface area (Å²) in [5.41, 5.74) is 1.34. The number of nitrogens with zero attached hydrogens (tertiary/aromatic N) is 1. The summed E-state index contributed by atoms with van der Waals surface area (Å²) in [7, 11) is 2.66. The maximum atomic E-state index is 12.8. The van der Waals surface area contributed by atoms with Crippen LogP contribution in [0, 0.1) is 0 Å². The Kier molecular flexibility index (Phi) is 5.65. The maximum Gasteiger partial charge on any atom is 0.310 e. The van der Waals surface area contributed by atoms with Gasteiger partial charge in [0.15, 0.2) is 0 Å². The van der Waals surface area contributed by atoms with Crippen molar-refractivity contribution in [1.29, 1.82) is 0 Å². The molecule has 0 spiro atoms. The lowest BCUT2D eigenvalue weighted by molar-refractivity contribution is -0.164. The van der Waals surface area contributed by atoms with Crippen molar-refractivity contribution in [2.24, 2.45) is 0 Å². The first-order chi connectivity index (χ1) is 13.9. The van der Waals surface area contributed by atoms with Crippen molar-refractivity contribution in [2.45, 2.75) is 12.1 Å². The minimum absolute atomic E-state index is 0.254. The van der Waals surface area contributed by atoms with Gasteiger partial charge < -0.3 is 14.6 Å². The molecule has 0 saturated heterocycles. The summed E-state index contributed by atoms with van der Waals surface area (Å²) in [5.74, 6) is -1.54. The fraction of sp³-hybridized carbons (Fsp3) is 0.190. The molecule has 0 radical (unpaired) electrons. The molecule has 0 saturated carbocycles. The number of esters is 1.